The highest BCUT2D eigenvalue weighted by Crippen LogP contribution is 2.34. The van der Waals surface area contributed by atoms with Crippen LogP contribution >= 0.6 is 11.8 Å². The van der Waals surface area contributed by atoms with Gasteiger partial charge < -0.3 is 14.6 Å². The lowest BCUT2D eigenvalue weighted by Gasteiger charge is -2.15. The topological polar surface area (TPSA) is 82.0 Å². The number of nitrogens with zero attached hydrogens (tertiary/aromatic N) is 2. The number of ether oxygens (including phenoxy) is 1. The molecule has 1 heterocycles. The van der Waals surface area contributed by atoms with Gasteiger partial charge in [-0.2, -0.15) is 0 Å². The van der Waals surface area contributed by atoms with Crippen molar-refractivity contribution in [2.45, 2.75) is 13.1 Å². The summed E-state index contributed by atoms with van der Waals surface area (Å²) in [6.45, 7) is 0.364. The molecule has 0 atom stereocenters. The first-order valence-electron chi connectivity index (χ1n) is 10.3. The lowest BCUT2D eigenvalue weighted by atomic mass is 10.2. The van der Waals surface area contributed by atoms with Crippen LogP contribution in [0.3, 0.4) is 0 Å². The van der Waals surface area contributed by atoms with Gasteiger partial charge in [-0.3, -0.25) is 14.7 Å². The summed E-state index contributed by atoms with van der Waals surface area (Å²) in [5.41, 5.74) is 2.80. The van der Waals surface area contributed by atoms with Gasteiger partial charge in [0, 0.05) is 0 Å². The highest BCUT2D eigenvalue weighted by atomic mass is 32.2. The van der Waals surface area contributed by atoms with Crippen LogP contribution in [0.4, 0.5) is 0 Å². The van der Waals surface area contributed by atoms with Gasteiger partial charge in [-0.05, 0) is 46.7 Å². The lowest BCUT2D eigenvalue weighted by Crippen LogP contribution is -2.28. The first-order valence-corrected chi connectivity index (χ1v) is 11.2. The molecule has 0 aromatic heterocycles. The van der Waals surface area contributed by atoms with Crippen LogP contribution in [0.1, 0.15) is 16.7 Å². The van der Waals surface area contributed by atoms with E-state index < -0.39 is 12.6 Å². The number of aliphatic imine (C=N–C) groups is 1. The summed E-state index contributed by atoms with van der Waals surface area (Å²) < 4.78 is 5.19. The maximum Gasteiger partial charge on any atom is 0.267 e. The molecule has 3 aromatic rings. The zero-order valence-corrected chi connectivity index (χ0v) is 18.5. The molecule has 0 spiro atoms. The summed E-state index contributed by atoms with van der Waals surface area (Å²) in [6.07, 6.45) is 1.77. The summed E-state index contributed by atoms with van der Waals surface area (Å²) in [5.74, 6) is -1.03. The molecule has 4 rings (SSSR count). The molecule has 33 heavy (non-hydrogen) atoms. The van der Waals surface area contributed by atoms with Crippen molar-refractivity contribution in [2.24, 2.45) is 4.99 Å². The minimum Gasteiger partial charge on any atom is -0.546 e. The van der Waals surface area contributed by atoms with Gasteiger partial charge in [-0.25, -0.2) is 0 Å². The average Bonchev–Trinajstić information content (AvgIpc) is 3.12. The van der Waals surface area contributed by atoms with E-state index in [1.54, 1.807) is 29.2 Å². The quantitative estimate of drug-likeness (QED) is 0.484. The molecule has 166 valence electrons. The molecule has 0 unspecified atom stereocenters. The van der Waals surface area contributed by atoms with Crippen LogP contribution < -0.4 is 9.84 Å². The number of carboxylic acid groups (broad SMARTS) is 1. The van der Waals surface area contributed by atoms with Crippen molar-refractivity contribution in [3.8, 4) is 5.75 Å². The zero-order valence-electron chi connectivity index (χ0n) is 17.7. The fourth-order valence-corrected chi connectivity index (χ4v) is 4.24. The van der Waals surface area contributed by atoms with E-state index in [-0.39, 0.29) is 5.91 Å². The van der Waals surface area contributed by atoms with Gasteiger partial charge >= 0.3 is 0 Å². The van der Waals surface area contributed by atoms with Gasteiger partial charge in [0.25, 0.3) is 5.91 Å². The average molecular weight is 458 g/mol. The van der Waals surface area contributed by atoms with E-state index in [0.29, 0.717) is 28.9 Å². The van der Waals surface area contributed by atoms with Crippen molar-refractivity contribution in [1.29, 1.82) is 0 Å². The first kappa shape index (κ1) is 22.4. The van der Waals surface area contributed by atoms with Crippen molar-refractivity contribution in [2.75, 3.05) is 6.61 Å². The van der Waals surface area contributed by atoms with Crippen LogP contribution in [0.15, 0.2) is 94.8 Å². The van der Waals surface area contributed by atoms with Crippen LogP contribution in [-0.4, -0.2) is 28.6 Å². The van der Waals surface area contributed by atoms with Crippen molar-refractivity contribution in [3.05, 3.63) is 107 Å². The van der Waals surface area contributed by atoms with E-state index in [4.69, 9.17) is 9.73 Å². The van der Waals surface area contributed by atoms with Gasteiger partial charge in [0.15, 0.2) is 5.17 Å². The first-order chi connectivity index (χ1) is 16.1. The number of thioether (sulfide) groups is 1. The summed E-state index contributed by atoms with van der Waals surface area (Å²) in [5, 5.41) is 11.3. The monoisotopic (exact) mass is 457 g/mol. The van der Waals surface area contributed by atoms with Crippen molar-refractivity contribution >= 4 is 34.9 Å². The summed E-state index contributed by atoms with van der Waals surface area (Å²) in [4.78, 5) is 30.9. The van der Waals surface area contributed by atoms with Crippen LogP contribution in [0, 0.1) is 0 Å². The van der Waals surface area contributed by atoms with Gasteiger partial charge in [-0.1, -0.05) is 72.8 Å². The molecule has 1 aliphatic rings. The molecular weight excluding hydrogens is 436 g/mol. The van der Waals surface area contributed by atoms with E-state index in [9.17, 15) is 14.7 Å². The number of aliphatic carboxylic acids is 1. The number of hydrogen-bond donors (Lipinski definition) is 0. The minimum absolute atomic E-state index is 0.128. The van der Waals surface area contributed by atoms with Crippen LogP contribution in [0.5, 0.6) is 5.75 Å². The normalized spacial score (nSPS) is 15.9. The Morgan fingerprint density at radius 3 is 2.36 bits per heavy atom. The molecule has 0 aliphatic carbocycles. The number of amidine groups is 1. The predicted octanol–water partition coefficient (Wildman–Crippen LogP) is 3.49. The molecule has 3 aromatic carbocycles. The molecule has 0 N–H and O–H groups in total. The fourth-order valence-electron chi connectivity index (χ4n) is 3.26. The molecule has 1 fully saturated rings. The third-order valence-corrected chi connectivity index (χ3v) is 5.87. The third-order valence-electron chi connectivity index (χ3n) is 4.82. The highest BCUT2D eigenvalue weighted by molar-refractivity contribution is 8.18. The van der Waals surface area contributed by atoms with Gasteiger partial charge in [0.2, 0.25) is 0 Å². The van der Waals surface area contributed by atoms with E-state index in [1.807, 2.05) is 66.7 Å². The number of amides is 1. The number of benzene rings is 3. The van der Waals surface area contributed by atoms with Gasteiger partial charge in [0.1, 0.15) is 12.4 Å². The second-order valence-electron chi connectivity index (χ2n) is 7.31. The maximum absolute atomic E-state index is 13.3. The van der Waals surface area contributed by atoms with Gasteiger partial charge in [0.05, 0.1) is 24.0 Å². The van der Waals surface area contributed by atoms with Crippen LogP contribution in [-0.2, 0) is 22.7 Å². The second-order valence-corrected chi connectivity index (χ2v) is 8.31. The van der Waals surface area contributed by atoms with Crippen molar-refractivity contribution in [1.82, 2.24) is 4.90 Å². The number of hydrogen-bond acceptors (Lipinski definition) is 6. The molecule has 6 nitrogen and oxygen atoms in total. The van der Waals surface area contributed by atoms with Crippen LogP contribution in [0.25, 0.3) is 6.08 Å². The Balaban J connectivity index is 1.59. The molecule has 0 saturated carbocycles. The fraction of sp³-hybridized carbons (Fsp3) is 0.115. The number of carboxylic acids is 1. The number of carbonyl (C=O) groups excluding carboxylic acids is 2. The minimum atomic E-state index is -1.30. The Bertz CT molecular complexity index is 1190. The predicted molar refractivity (Wildman–Crippen MR) is 127 cm³/mol. The lowest BCUT2D eigenvalue weighted by molar-refractivity contribution is -0.307. The smallest absolute Gasteiger partial charge is 0.267 e. The Labute approximate surface area is 196 Å². The van der Waals surface area contributed by atoms with Gasteiger partial charge in [-0.15, -0.1) is 0 Å². The highest BCUT2D eigenvalue weighted by Gasteiger charge is 2.33. The summed E-state index contributed by atoms with van der Waals surface area (Å²) in [6, 6.07) is 26.6. The van der Waals surface area contributed by atoms with Crippen molar-refractivity contribution < 1.29 is 19.4 Å². The third kappa shape index (κ3) is 6.11. The SMILES string of the molecule is O=C([O-])COc1cccc(/C=C2/SC(=NCc3ccccc3)N(Cc3ccccc3)C2=O)c1. The molecular formula is C26H21N2O4S-. The van der Waals surface area contributed by atoms with E-state index in [0.717, 1.165) is 16.7 Å². The Hall–Kier alpha value is -3.84. The molecule has 0 radical (unpaired) electrons. The van der Waals surface area contributed by atoms with E-state index in [1.165, 1.54) is 11.8 Å². The van der Waals surface area contributed by atoms with E-state index >= 15 is 0 Å². The van der Waals surface area contributed by atoms with Crippen LogP contribution in [0.2, 0.25) is 0 Å². The maximum atomic E-state index is 13.3. The second kappa shape index (κ2) is 10.7. The molecule has 1 saturated heterocycles. The Morgan fingerprint density at radius 1 is 0.970 bits per heavy atom. The summed E-state index contributed by atoms with van der Waals surface area (Å²) in [7, 11) is 0. The van der Waals surface area contributed by atoms with Crippen molar-refractivity contribution in [3.63, 3.8) is 0 Å². The largest absolute Gasteiger partial charge is 0.546 e. The zero-order chi connectivity index (χ0) is 23.0. The number of carbonyl (C=O) groups is 2. The molecule has 7 heteroatoms. The number of rotatable bonds is 8. The Morgan fingerprint density at radius 2 is 1.67 bits per heavy atom. The molecule has 1 aliphatic heterocycles. The van der Waals surface area contributed by atoms with E-state index in [2.05, 4.69) is 0 Å². The standard InChI is InChI=1S/C26H22N2O4S/c29-24(30)18-32-22-13-7-12-21(14-22)15-23-25(31)28(17-20-10-5-2-6-11-20)26(33-23)27-16-19-8-3-1-4-9-19/h1-15H,16-18H2,(H,29,30)/p-1/b23-15+,27-26?. The summed E-state index contributed by atoms with van der Waals surface area (Å²) >= 11 is 1.33. The Kier molecular flexibility index (Phi) is 7.22. The molecule has 0 bridgehead atoms. The molecule has 1 amide bonds.